The lowest BCUT2D eigenvalue weighted by atomic mass is 9.83. The summed E-state index contributed by atoms with van der Waals surface area (Å²) in [7, 11) is 0. The second-order valence-electron chi connectivity index (χ2n) is 6.15. The molecule has 20 heavy (non-hydrogen) atoms. The summed E-state index contributed by atoms with van der Waals surface area (Å²) in [5.41, 5.74) is 5.94. The van der Waals surface area contributed by atoms with Gasteiger partial charge in [0.2, 0.25) is 11.8 Å². The highest BCUT2D eigenvalue weighted by molar-refractivity contribution is 5.79. The van der Waals surface area contributed by atoms with Crippen molar-refractivity contribution >= 4 is 11.8 Å². The minimum Gasteiger partial charge on any atom is -0.356 e. The molecule has 2 amide bonds. The summed E-state index contributed by atoms with van der Waals surface area (Å²) in [6.45, 7) is 4.26. The van der Waals surface area contributed by atoms with Crippen molar-refractivity contribution in [3.05, 3.63) is 0 Å². The van der Waals surface area contributed by atoms with Gasteiger partial charge in [0.25, 0.3) is 0 Å². The Bertz CT molecular complexity index is 318. The van der Waals surface area contributed by atoms with Crippen LogP contribution in [0.5, 0.6) is 0 Å². The third kappa shape index (κ3) is 7.48. The Morgan fingerprint density at radius 3 is 2.60 bits per heavy atom. The number of carbonyl (C=O) groups is 2. The maximum Gasteiger partial charge on any atom is 0.221 e. The maximum atomic E-state index is 11.7. The SMILES string of the molecule is CC(C)NC(=O)CCNC(=O)CCC1CCCC(N)C1. The third-order valence-corrected chi connectivity index (χ3v) is 3.73. The predicted octanol–water partition coefficient (Wildman–Crippen LogP) is 1.31. The Hall–Kier alpha value is -1.10. The monoisotopic (exact) mass is 283 g/mol. The minimum atomic E-state index is -0.0152. The van der Waals surface area contributed by atoms with Crippen LogP contribution in [0.4, 0.5) is 0 Å². The van der Waals surface area contributed by atoms with E-state index in [1.165, 1.54) is 12.8 Å². The molecular formula is C15H29N3O2. The van der Waals surface area contributed by atoms with Crippen LogP contribution in [0.25, 0.3) is 0 Å². The van der Waals surface area contributed by atoms with E-state index in [1.807, 2.05) is 13.8 Å². The Labute approximate surface area is 122 Å². The minimum absolute atomic E-state index is 0.0152. The van der Waals surface area contributed by atoms with E-state index >= 15 is 0 Å². The molecule has 2 unspecified atom stereocenters. The highest BCUT2D eigenvalue weighted by Gasteiger charge is 2.19. The first kappa shape index (κ1) is 17.0. The van der Waals surface area contributed by atoms with Crippen molar-refractivity contribution in [1.29, 1.82) is 0 Å². The number of carbonyl (C=O) groups excluding carboxylic acids is 2. The molecule has 116 valence electrons. The van der Waals surface area contributed by atoms with E-state index in [2.05, 4.69) is 10.6 Å². The molecule has 0 heterocycles. The lowest BCUT2D eigenvalue weighted by Crippen LogP contribution is -2.34. The van der Waals surface area contributed by atoms with Gasteiger partial charge in [0.1, 0.15) is 0 Å². The van der Waals surface area contributed by atoms with E-state index in [0.29, 0.717) is 31.3 Å². The molecule has 1 aliphatic carbocycles. The van der Waals surface area contributed by atoms with Gasteiger partial charge < -0.3 is 16.4 Å². The van der Waals surface area contributed by atoms with Gasteiger partial charge in [-0.25, -0.2) is 0 Å². The molecule has 0 aromatic carbocycles. The van der Waals surface area contributed by atoms with Crippen molar-refractivity contribution in [2.75, 3.05) is 6.54 Å². The second-order valence-corrected chi connectivity index (χ2v) is 6.15. The maximum absolute atomic E-state index is 11.7. The molecule has 5 nitrogen and oxygen atoms in total. The van der Waals surface area contributed by atoms with Gasteiger partial charge in [0.05, 0.1) is 0 Å². The van der Waals surface area contributed by atoms with Crippen LogP contribution in [0.15, 0.2) is 0 Å². The quantitative estimate of drug-likeness (QED) is 0.659. The summed E-state index contributed by atoms with van der Waals surface area (Å²) in [5.74, 6) is 0.619. The van der Waals surface area contributed by atoms with Crippen LogP contribution in [-0.4, -0.2) is 30.4 Å². The molecule has 0 aliphatic heterocycles. The Balaban J connectivity index is 2.07. The average Bonchev–Trinajstić information content (AvgIpc) is 2.35. The molecule has 5 heteroatoms. The first-order valence-electron chi connectivity index (χ1n) is 7.79. The largest absolute Gasteiger partial charge is 0.356 e. The van der Waals surface area contributed by atoms with E-state index in [1.54, 1.807) is 0 Å². The highest BCUT2D eigenvalue weighted by Crippen LogP contribution is 2.26. The Kier molecular flexibility index (Phi) is 7.59. The summed E-state index contributed by atoms with van der Waals surface area (Å²) in [6, 6.07) is 0.463. The van der Waals surface area contributed by atoms with E-state index < -0.39 is 0 Å². The van der Waals surface area contributed by atoms with Gasteiger partial charge in [0.15, 0.2) is 0 Å². The molecule has 0 bridgehead atoms. The van der Waals surface area contributed by atoms with Crippen LogP contribution in [0.1, 0.15) is 58.8 Å². The van der Waals surface area contributed by atoms with E-state index in [-0.39, 0.29) is 17.9 Å². The van der Waals surface area contributed by atoms with Gasteiger partial charge >= 0.3 is 0 Å². The zero-order chi connectivity index (χ0) is 15.0. The van der Waals surface area contributed by atoms with Crippen molar-refractivity contribution < 1.29 is 9.59 Å². The number of nitrogens with two attached hydrogens (primary N) is 1. The average molecular weight is 283 g/mol. The van der Waals surface area contributed by atoms with Gasteiger partial charge in [0, 0.05) is 31.5 Å². The standard InChI is InChI=1S/C15H29N3O2/c1-11(2)18-15(20)8-9-17-14(19)7-6-12-4-3-5-13(16)10-12/h11-13H,3-10,16H2,1-2H3,(H,17,19)(H,18,20). The molecular weight excluding hydrogens is 254 g/mol. The molecule has 0 spiro atoms. The van der Waals surface area contributed by atoms with Crippen molar-refractivity contribution in [2.45, 2.75) is 70.9 Å². The van der Waals surface area contributed by atoms with Crippen molar-refractivity contribution in [3.8, 4) is 0 Å². The summed E-state index contributed by atoms with van der Waals surface area (Å²) < 4.78 is 0. The lowest BCUT2D eigenvalue weighted by Gasteiger charge is -2.26. The normalized spacial score (nSPS) is 22.6. The fourth-order valence-corrected chi connectivity index (χ4v) is 2.73. The molecule has 0 saturated heterocycles. The molecule has 0 aromatic heterocycles. The van der Waals surface area contributed by atoms with E-state index in [9.17, 15) is 9.59 Å². The van der Waals surface area contributed by atoms with Crippen molar-refractivity contribution in [3.63, 3.8) is 0 Å². The van der Waals surface area contributed by atoms with Gasteiger partial charge in [-0.05, 0) is 39.0 Å². The van der Waals surface area contributed by atoms with Gasteiger partial charge in [-0.15, -0.1) is 0 Å². The first-order chi connectivity index (χ1) is 9.47. The van der Waals surface area contributed by atoms with Crippen LogP contribution >= 0.6 is 0 Å². The number of nitrogens with one attached hydrogen (secondary N) is 2. The summed E-state index contributed by atoms with van der Waals surface area (Å²) in [5, 5.41) is 5.61. The van der Waals surface area contributed by atoms with Gasteiger partial charge in [-0.1, -0.05) is 12.8 Å². The van der Waals surface area contributed by atoms with E-state index in [0.717, 1.165) is 19.3 Å². The number of rotatable bonds is 7. The molecule has 0 aromatic rings. The lowest BCUT2D eigenvalue weighted by molar-refractivity contribution is -0.122. The summed E-state index contributed by atoms with van der Waals surface area (Å²) in [4.78, 5) is 23.1. The topological polar surface area (TPSA) is 84.2 Å². The Morgan fingerprint density at radius 1 is 1.20 bits per heavy atom. The molecule has 4 N–H and O–H groups in total. The molecule has 1 fully saturated rings. The second kappa shape index (κ2) is 8.95. The van der Waals surface area contributed by atoms with Crippen LogP contribution in [0.3, 0.4) is 0 Å². The zero-order valence-corrected chi connectivity index (χ0v) is 12.8. The number of hydrogen-bond donors (Lipinski definition) is 3. The Morgan fingerprint density at radius 2 is 1.95 bits per heavy atom. The van der Waals surface area contributed by atoms with Crippen LogP contribution < -0.4 is 16.4 Å². The third-order valence-electron chi connectivity index (χ3n) is 3.73. The fraction of sp³-hybridized carbons (Fsp3) is 0.867. The van der Waals surface area contributed by atoms with E-state index in [4.69, 9.17) is 5.73 Å². The number of amides is 2. The summed E-state index contributed by atoms with van der Waals surface area (Å²) >= 11 is 0. The van der Waals surface area contributed by atoms with Gasteiger partial charge in [-0.3, -0.25) is 9.59 Å². The molecule has 1 aliphatic rings. The molecule has 0 radical (unpaired) electrons. The summed E-state index contributed by atoms with van der Waals surface area (Å²) in [6.07, 6.45) is 6.34. The van der Waals surface area contributed by atoms with Crippen LogP contribution in [0.2, 0.25) is 0 Å². The fourth-order valence-electron chi connectivity index (χ4n) is 2.73. The highest BCUT2D eigenvalue weighted by atomic mass is 16.2. The van der Waals surface area contributed by atoms with Gasteiger partial charge in [-0.2, -0.15) is 0 Å². The molecule has 1 rings (SSSR count). The van der Waals surface area contributed by atoms with Crippen molar-refractivity contribution in [2.24, 2.45) is 11.7 Å². The molecule has 2 atom stereocenters. The van der Waals surface area contributed by atoms with Crippen molar-refractivity contribution in [1.82, 2.24) is 10.6 Å². The number of hydrogen-bond acceptors (Lipinski definition) is 3. The first-order valence-corrected chi connectivity index (χ1v) is 7.79. The smallest absolute Gasteiger partial charge is 0.221 e. The zero-order valence-electron chi connectivity index (χ0n) is 12.8. The predicted molar refractivity (Wildman–Crippen MR) is 80.1 cm³/mol. The van der Waals surface area contributed by atoms with Crippen LogP contribution in [0, 0.1) is 5.92 Å². The van der Waals surface area contributed by atoms with Crippen LogP contribution in [-0.2, 0) is 9.59 Å². The molecule has 1 saturated carbocycles.